The summed E-state index contributed by atoms with van der Waals surface area (Å²) >= 11 is 1.81. The van der Waals surface area contributed by atoms with Crippen molar-refractivity contribution in [2.45, 2.75) is 62.2 Å². The highest BCUT2D eigenvalue weighted by Gasteiger charge is 2.54. The summed E-state index contributed by atoms with van der Waals surface area (Å²) in [5, 5.41) is 4.50. The van der Waals surface area contributed by atoms with Crippen molar-refractivity contribution in [3.63, 3.8) is 0 Å². The molecule has 8 heteroatoms. The minimum absolute atomic E-state index is 0.0423. The molecule has 0 fully saturated rings. The lowest BCUT2D eigenvalue weighted by Gasteiger charge is -2.49. The lowest BCUT2D eigenvalue weighted by molar-refractivity contribution is 0.465. The maximum absolute atomic E-state index is 7.07. The lowest BCUT2D eigenvalue weighted by atomic mass is 9.29. The number of fused-ring (bicyclic) bond motifs is 14. The highest BCUT2D eigenvalue weighted by atomic mass is 32.2. The molecule has 0 spiro atoms. The van der Waals surface area contributed by atoms with Gasteiger partial charge in [0.1, 0.15) is 34.2 Å². The van der Waals surface area contributed by atoms with Gasteiger partial charge in [-0.05, 0) is 79.0 Å². The first-order valence-corrected chi connectivity index (χ1v) is 21.1. The molecule has 5 aliphatic heterocycles. The van der Waals surface area contributed by atoms with Gasteiger partial charge in [-0.3, -0.25) is 0 Å². The first-order chi connectivity index (χ1) is 28.0. The molecule has 0 saturated heterocycles. The average molecular weight is 768 g/mol. The average Bonchev–Trinajstić information content (AvgIpc) is 3.78. The van der Waals surface area contributed by atoms with Crippen molar-refractivity contribution in [3.8, 4) is 23.0 Å². The first kappa shape index (κ1) is 32.0. The summed E-state index contributed by atoms with van der Waals surface area (Å²) in [5.74, 6) is 3.48. The minimum atomic E-state index is -0.0778. The van der Waals surface area contributed by atoms with E-state index < -0.39 is 0 Å². The Labute approximate surface area is 340 Å². The number of benzene rings is 7. The normalized spacial score (nSPS) is 15.2. The lowest BCUT2D eigenvalue weighted by Crippen LogP contribution is -2.67. The highest BCUT2D eigenvalue weighted by Crippen LogP contribution is 2.59. The number of ether oxygens (including phenoxy) is 2. The topological polar surface area (TPSA) is 48.0 Å². The van der Waals surface area contributed by atoms with Gasteiger partial charge in [0, 0.05) is 33.3 Å². The van der Waals surface area contributed by atoms with Crippen LogP contribution in [0.15, 0.2) is 122 Å². The van der Waals surface area contributed by atoms with Gasteiger partial charge in [-0.25, -0.2) is 0 Å². The van der Waals surface area contributed by atoms with Crippen molar-refractivity contribution in [3.05, 3.63) is 114 Å². The van der Waals surface area contributed by atoms with Gasteiger partial charge in [-0.1, -0.05) is 126 Å². The molecule has 7 aromatic carbocycles. The van der Waals surface area contributed by atoms with Crippen LogP contribution >= 0.6 is 11.8 Å². The predicted molar refractivity (Wildman–Crippen MR) is 240 cm³/mol. The number of furan rings is 2. The van der Waals surface area contributed by atoms with Crippen LogP contribution in [-0.2, 0) is 10.8 Å². The summed E-state index contributed by atoms with van der Waals surface area (Å²) in [4.78, 5) is 4.79. The molecule has 5 nitrogen and oxygen atoms in total. The zero-order valence-electron chi connectivity index (χ0n) is 33.0. The first-order valence-electron chi connectivity index (χ1n) is 20.3. The highest BCUT2D eigenvalue weighted by molar-refractivity contribution is 8.00. The SMILES string of the molecule is CC(C)(C)c1ccc2c(c1)B1c3cc4c(oc5ccccc54)c4c3N3c5c1c(cc1c5B(c5cc(C(C)(C)C)ccc5O1)c1cc5c(oc6ccccc65)c(c13)S4)O2. The molecule has 14 rings (SSSR count). The number of para-hydroxylation sites is 2. The predicted octanol–water partition coefficient (Wildman–Crippen LogP) is 9.89. The van der Waals surface area contributed by atoms with Crippen LogP contribution in [0.1, 0.15) is 52.7 Å². The van der Waals surface area contributed by atoms with Gasteiger partial charge in [-0.2, -0.15) is 0 Å². The summed E-state index contributed by atoms with van der Waals surface area (Å²) < 4.78 is 28.0. The summed E-state index contributed by atoms with van der Waals surface area (Å²) in [6.07, 6.45) is 0. The van der Waals surface area contributed by atoms with Crippen molar-refractivity contribution in [2.24, 2.45) is 0 Å². The van der Waals surface area contributed by atoms with E-state index in [9.17, 15) is 0 Å². The second kappa shape index (κ2) is 10.2. The number of rotatable bonds is 0. The molecule has 2 aromatic heterocycles. The molecule has 0 saturated carbocycles. The van der Waals surface area contributed by atoms with E-state index in [0.717, 1.165) is 82.4 Å². The molecular weight excluding hydrogens is 732 g/mol. The molecule has 0 N–H and O–H groups in total. The Morgan fingerprint density at radius 2 is 0.931 bits per heavy atom. The molecule has 0 radical (unpaired) electrons. The maximum atomic E-state index is 7.07. The second-order valence-corrected chi connectivity index (χ2v) is 19.8. The molecule has 58 heavy (non-hydrogen) atoms. The summed E-state index contributed by atoms with van der Waals surface area (Å²) in [7, 11) is 0. The summed E-state index contributed by atoms with van der Waals surface area (Å²) in [5.41, 5.74) is 16.9. The van der Waals surface area contributed by atoms with E-state index in [0.29, 0.717) is 0 Å². The van der Waals surface area contributed by atoms with E-state index in [1.165, 1.54) is 55.3 Å². The Kier molecular flexibility index (Phi) is 5.62. The Hall–Kier alpha value is -5.98. The molecule has 7 heterocycles. The van der Waals surface area contributed by atoms with Gasteiger partial charge in [0.15, 0.2) is 11.2 Å². The Morgan fingerprint density at radius 3 is 1.40 bits per heavy atom. The number of anilines is 3. The van der Waals surface area contributed by atoms with Crippen molar-refractivity contribution in [1.82, 2.24) is 0 Å². The molecule has 0 atom stereocenters. The van der Waals surface area contributed by atoms with E-state index in [-0.39, 0.29) is 24.3 Å². The van der Waals surface area contributed by atoms with Crippen LogP contribution in [-0.4, -0.2) is 13.4 Å². The molecule has 9 aromatic rings. The van der Waals surface area contributed by atoms with Crippen LogP contribution in [0.5, 0.6) is 23.0 Å². The number of nitrogens with zero attached hydrogens (tertiary/aromatic N) is 1. The number of hydrogen-bond donors (Lipinski definition) is 0. The quantitative estimate of drug-likeness (QED) is 0.143. The Bertz CT molecular complexity index is 3220. The molecular formula is C50H35B2NO4S. The van der Waals surface area contributed by atoms with Crippen LogP contribution in [0.2, 0.25) is 0 Å². The Morgan fingerprint density at radius 1 is 0.466 bits per heavy atom. The summed E-state index contributed by atoms with van der Waals surface area (Å²) in [6, 6.07) is 37.6. The minimum Gasteiger partial charge on any atom is -0.458 e. The molecule has 0 amide bonds. The second-order valence-electron chi connectivity index (χ2n) is 18.8. The monoisotopic (exact) mass is 767 g/mol. The van der Waals surface area contributed by atoms with E-state index in [1.54, 1.807) is 0 Å². The van der Waals surface area contributed by atoms with Crippen molar-refractivity contribution in [1.29, 1.82) is 0 Å². The van der Waals surface area contributed by atoms with Gasteiger partial charge in [0.2, 0.25) is 0 Å². The van der Waals surface area contributed by atoms with Crippen molar-refractivity contribution < 1.29 is 18.3 Å². The van der Waals surface area contributed by atoms with E-state index in [1.807, 2.05) is 11.8 Å². The fraction of sp³-hybridized carbons (Fsp3) is 0.160. The summed E-state index contributed by atoms with van der Waals surface area (Å²) in [6.45, 7) is 13.6. The van der Waals surface area contributed by atoms with E-state index in [2.05, 4.69) is 150 Å². The van der Waals surface area contributed by atoms with E-state index in [4.69, 9.17) is 18.3 Å². The van der Waals surface area contributed by atoms with Crippen LogP contribution < -0.4 is 47.2 Å². The fourth-order valence-corrected chi connectivity index (χ4v) is 12.0. The zero-order valence-corrected chi connectivity index (χ0v) is 33.8. The van der Waals surface area contributed by atoms with Gasteiger partial charge < -0.3 is 23.2 Å². The van der Waals surface area contributed by atoms with Crippen LogP contribution in [0.3, 0.4) is 0 Å². The fourth-order valence-electron chi connectivity index (χ4n) is 10.7. The van der Waals surface area contributed by atoms with E-state index >= 15 is 0 Å². The third kappa shape index (κ3) is 3.79. The zero-order chi connectivity index (χ0) is 38.7. The smallest absolute Gasteiger partial charge is 0.256 e. The van der Waals surface area contributed by atoms with Gasteiger partial charge >= 0.3 is 0 Å². The molecule has 0 aliphatic carbocycles. The van der Waals surface area contributed by atoms with Crippen LogP contribution in [0.4, 0.5) is 17.1 Å². The van der Waals surface area contributed by atoms with Gasteiger partial charge in [0.25, 0.3) is 13.4 Å². The third-order valence-electron chi connectivity index (χ3n) is 13.4. The largest absolute Gasteiger partial charge is 0.458 e. The molecule has 5 aliphatic rings. The Balaban J connectivity index is 1.19. The van der Waals surface area contributed by atoms with Crippen LogP contribution in [0, 0.1) is 0 Å². The third-order valence-corrected chi connectivity index (χ3v) is 14.6. The standard InChI is InChI=1S/C50H35B2NO4S/c1-49(2,3)24-15-17-36-30(19-24)51-32-21-28-26-11-7-9-13-34(26)56-45(28)47-42(32)53-43-33(22-29-27-12-8-10-14-35(27)57-46(29)48(43)58-47)52-31-20-25(50(4,5)6)16-18-37(31)55-39-23-38(54-36)40(51)44(53)41(39)52/h7-23H,1-6H3. The molecule has 0 unspecified atom stereocenters. The van der Waals surface area contributed by atoms with Gasteiger partial charge in [0.05, 0.1) is 21.2 Å². The maximum Gasteiger partial charge on any atom is 0.256 e. The van der Waals surface area contributed by atoms with Gasteiger partial charge in [-0.15, -0.1) is 0 Å². The van der Waals surface area contributed by atoms with Crippen LogP contribution in [0.25, 0.3) is 43.9 Å². The van der Waals surface area contributed by atoms with Crippen molar-refractivity contribution >= 4 is 119 Å². The number of hydrogen-bond acceptors (Lipinski definition) is 6. The van der Waals surface area contributed by atoms with Crippen molar-refractivity contribution in [2.75, 3.05) is 4.90 Å². The molecule has 276 valence electrons. The molecule has 0 bridgehead atoms.